The van der Waals surface area contributed by atoms with E-state index in [1.54, 1.807) is 24.3 Å². The number of Topliss-reactive ketones (excluding diaryl/α,β-unsaturated/α-hetero) is 1. The number of carbonyl (C=O) groups is 3. The van der Waals surface area contributed by atoms with Crippen LogP contribution in [0.4, 0.5) is 5.69 Å². The number of anilines is 1. The molecule has 1 aliphatic heterocycles. The van der Waals surface area contributed by atoms with Crippen LogP contribution in [0.5, 0.6) is 0 Å². The third-order valence-corrected chi connectivity index (χ3v) is 2.86. The average molecular weight is 246 g/mol. The molecule has 1 N–H and O–H groups in total. The van der Waals surface area contributed by atoms with Crippen molar-refractivity contribution in [2.24, 2.45) is 5.92 Å². The van der Waals surface area contributed by atoms with Crippen LogP contribution < -0.4 is 10.4 Å². The van der Waals surface area contributed by atoms with Crippen molar-refractivity contribution in [2.45, 2.75) is 19.8 Å². The van der Waals surface area contributed by atoms with Crippen molar-refractivity contribution in [1.29, 1.82) is 0 Å². The number of rotatable bonds is 4. The van der Waals surface area contributed by atoms with E-state index in [2.05, 4.69) is 5.43 Å². The van der Waals surface area contributed by atoms with Gasteiger partial charge in [-0.25, -0.2) is 5.01 Å². The molecule has 1 fully saturated rings. The molecule has 1 aromatic carbocycles. The zero-order chi connectivity index (χ0) is 13.1. The lowest BCUT2D eigenvalue weighted by molar-refractivity contribution is -0.128. The summed E-state index contributed by atoms with van der Waals surface area (Å²) >= 11 is 0. The van der Waals surface area contributed by atoms with Gasteiger partial charge in [0.05, 0.1) is 5.69 Å². The molecular weight excluding hydrogens is 232 g/mol. The van der Waals surface area contributed by atoms with E-state index in [-0.39, 0.29) is 30.4 Å². The molecule has 94 valence electrons. The molecule has 1 aliphatic rings. The van der Waals surface area contributed by atoms with Gasteiger partial charge < -0.3 is 4.79 Å². The van der Waals surface area contributed by atoms with Gasteiger partial charge in [-0.05, 0) is 25.5 Å². The fourth-order valence-corrected chi connectivity index (χ4v) is 1.88. The fraction of sp³-hybridized carbons (Fsp3) is 0.308. The molecular formula is C13H14N2O3. The van der Waals surface area contributed by atoms with Gasteiger partial charge in [0.1, 0.15) is 11.7 Å². The van der Waals surface area contributed by atoms with E-state index in [9.17, 15) is 14.4 Å². The number of ketones is 1. The van der Waals surface area contributed by atoms with Gasteiger partial charge in [-0.15, -0.1) is 0 Å². The van der Waals surface area contributed by atoms with Gasteiger partial charge in [-0.3, -0.25) is 15.0 Å². The molecule has 1 unspecified atom stereocenters. The topological polar surface area (TPSA) is 66.5 Å². The number of hydrogen-bond acceptors (Lipinski definition) is 3. The van der Waals surface area contributed by atoms with Crippen molar-refractivity contribution < 1.29 is 14.4 Å². The van der Waals surface area contributed by atoms with Crippen LogP contribution in [0.3, 0.4) is 0 Å². The Morgan fingerprint density at radius 2 is 1.94 bits per heavy atom. The molecule has 2 amide bonds. The van der Waals surface area contributed by atoms with E-state index in [1.165, 1.54) is 11.9 Å². The molecule has 0 aromatic heterocycles. The van der Waals surface area contributed by atoms with Gasteiger partial charge >= 0.3 is 0 Å². The Kier molecular flexibility index (Phi) is 3.41. The summed E-state index contributed by atoms with van der Waals surface area (Å²) in [5.74, 6) is -1.42. The first kappa shape index (κ1) is 12.3. The Morgan fingerprint density at radius 1 is 1.28 bits per heavy atom. The Labute approximate surface area is 105 Å². The molecule has 1 saturated heterocycles. The molecule has 0 saturated carbocycles. The molecule has 0 aliphatic carbocycles. The molecule has 5 nitrogen and oxygen atoms in total. The summed E-state index contributed by atoms with van der Waals surface area (Å²) < 4.78 is 0. The summed E-state index contributed by atoms with van der Waals surface area (Å²) in [4.78, 5) is 34.7. The lowest BCUT2D eigenvalue weighted by Gasteiger charge is -2.14. The number of nitrogens with one attached hydrogen (secondary N) is 1. The summed E-state index contributed by atoms with van der Waals surface area (Å²) in [5, 5.41) is 1.24. The maximum atomic E-state index is 12.1. The summed E-state index contributed by atoms with van der Waals surface area (Å²) in [6.07, 6.45) is 0.510. The van der Waals surface area contributed by atoms with Gasteiger partial charge in [-0.1, -0.05) is 18.2 Å². The highest BCUT2D eigenvalue weighted by Crippen LogP contribution is 2.22. The molecule has 1 atom stereocenters. The Hall–Kier alpha value is -2.17. The number of para-hydroxylation sites is 1. The van der Waals surface area contributed by atoms with Crippen LogP contribution in [0.2, 0.25) is 0 Å². The average Bonchev–Trinajstić information content (AvgIpc) is 2.63. The quantitative estimate of drug-likeness (QED) is 0.807. The van der Waals surface area contributed by atoms with E-state index in [0.29, 0.717) is 5.69 Å². The minimum Gasteiger partial charge on any atom is -0.300 e. The van der Waals surface area contributed by atoms with Crippen LogP contribution >= 0.6 is 0 Å². The first-order valence-corrected chi connectivity index (χ1v) is 5.78. The lowest BCUT2D eigenvalue weighted by Crippen LogP contribution is -2.35. The summed E-state index contributed by atoms with van der Waals surface area (Å²) in [7, 11) is 0. The molecule has 5 heteroatoms. The van der Waals surface area contributed by atoms with Gasteiger partial charge in [0.25, 0.3) is 11.8 Å². The van der Waals surface area contributed by atoms with Crippen LogP contribution in [0, 0.1) is 5.92 Å². The molecule has 1 heterocycles. The smallest absolute Gasteiger partial charge is 0.258 e. The minimum atomic E-state index is -0.755. The number of benzene rings is 1. The largest absolute Gasteiger partial charge is 0.300 e. The van der Waals surface area contributed by atoms with Gasteiger partial charge in [0.15, 0.2) is 0 Å². The van der Waals surface area contributed by atoms with Crippen LogP contribution in [0.1, 0.15) is 19.8 Å². The van der Waals surface area contributed by atoms with Gasteiger partial charge in [0, 0.05) is 6.42 Å². The van der Waals surface area contributed by atoms with Crippen LogP contribution in [-0.2, 0) is 14.4 Å². The van der Waals surface area contributed by atoms with E-state index in [1.807, 2.05) is 6.07 Å². The minimum absolute atomic E-state index is 0.0197. The zero-order valence-electron chi connectivity index (χ0n) is 10.1. The number of hydrogen-bond donors (Lipinski definition) is 1. The van der Waals surface area contributed by atoms with Crippen molar-refractivity contribution in [3.05, 3.63) is 30.3 Å². The second-order valence-electron chi connectivity index (χ2n) is 4.28. The third kappa shape index (κ3) is 2.40. The van der Waals surface area contributed by atoms with Crippen LogP contribution in [0.15, 0.2) is 30.3 Å². The van der Waals surface area contributed by atoms with Crippen molar-refractivity contribution >= 4 is 23.3 Å². The monoisotopic (exact) mass is 246 g/mol. The van der Waals surface area contributed by atoms with E-state index < -0.39 is 5.92 Å². The number of nitrogens with zero attached hydrogens (tertiary/aromatic N) is 1. The highest BCUT2D eigenvalue weighted by molar-refractivity contribution is 6.14. The zero-order valence-corrected chi connectivity index (χ0v) is 10.1. The first-order valence-electron chi connectivity index (χ1n) is 5.78. The maximum absolute atomic E-state index is 12.1. The molecule has 18 heavy (non-hydrogen) atoms. The van der Waals surface area contributed by atoms with E-state index in [0.717, 1.165) is 0 Å². The van der Waals surface area contributed by atoms with Crippen molar-refractivity contribution in [3.63, 3.8) is 0 Å². The maximum Gasteiger partial charge on any atom is 0.258 e. The van der Waals surface area contributed by atoms with E-state index >= 15 is 0 Å². The highest BCUT2D eigenvalue weighted by atomic mass is 16.2. The summed E-state index contributed by atoms with van der Waals surface area (Å²) in [6.45, 7) is 1.45. The van der Waals surface area contributed by atoms with Crippen LogP contribution in [0.25, 0.3) is 0 Å². The second kappa shape index (κ2) is 5.00. The fourth-order valence-electron chi connectivity index (χ4n) is 1.88. The predicted octanol–water partition coefficient (Wildman–Crippen LogP) is 1.05. The normalized spacial score (nSPS) is 18.9. The third-order valence-electron chi connectivity index (χ3n) is 2.86. The molecule has 0 spiro atoms. The molecule has 0 radical (unpaired) electrons. The SMILES string of the molecule is CC(=O)CCC1C(=O)NN(c2ccccc2)C1=O. The van der Waals surface area contributed by atoms with Gasteiger partial charge in [-0.2, -0.15) is 0 Å². The Bertz CT molecular complexity index is 484. The number of carbonyl (C=O) groups excluding carboxylic acids is 3. The number of amides is 2. The molecule has 0 bridgehead atoms. The predicted molar refractivity (Wildman–Crippen MR) is 65.5 cm³/mol. The van der Waals surface area contributed by atoms with Crippen LogP contribution in [-0.4, -0.2) is 17.6 Å². The highest BCUT2D eigenvalue weighted by Gasteiger charge is 2.39. The second-order valence-corrected chi connectivity index (χ2v) is 4.28. The van der Waals surface area contributed by atoms with E-state index in [4.69, 9.17) is 0 Å². The van der Waals surface area contributed by atoms with Crippen molar-refractivity contribution in [2.75, 3.05) is 5.01 Å². The van der Waals surface area contributed by atoms with Crippen molar-refractivity contribution in [3.8, 4) is 0 Å². The summed E-state index contributed by atoms with van der Waals surface area (Å²) in [6, 6.07) is 8.89. The summed E-state index contributed by atoms with van der Waals surface area (Å²) in [5.41, 5.74) is 3.15. The lowest BCUT2D eigenvalue weighted by atomic mass is 10.0. The van der Waals surface area contributed by atoms with Crippen molar-refractivity contribution in [1.82, 2.24) is 5.43 Å². The first-order chi connectivity index (χ1) is 8.59. The Balaban J connectivity index is 2.12. The number of hydrazine groups is 1. The molecule has 1 aromatic rings. The van der Waals surface area contributed by atoms with Gasteiger partial charge in [0.2, 0.25) is 0 Å². The molecule has 2 rings (SSSR count). The standard InChI is InChI=1S/C13H14N2O3/c1-9(16)7-8-11-12(17)14-15(13(11)18)10-5-3-2-4-6-10/h2-6,11H,7-8H2,1H3,(H,14,17). The Morgan fingerprint density at radius 3 is 2.56 bits per heavy atom.